The van der Waals surface area contributed by atoms with Gasteiger partial charge in [-0.1, -0.05) is 66.5 Å². The Balaban J connectivity index is 1.46. The van der Waals surface area contributed by atoms with Crippen LogP contribution in [0.2, 0.25) is 5.02 Å². The van der Waals surface area contributed by atoms with Gasteiger partial charge in [0.2, 0.25) is 10.0 Å². The molecule has 8 heteroatoms. The number of nitrogens with one attached hydrogen (secondary N) is 1. The van der Waals surface area contributed by atoms with Crippen molar-refractivity contribution in [1.82, 2.24) is 14.3 Å². The molecule has 0 aliphatic heterocycles. The van der Waals surface area contributed by atoms with E-state index in [4.69, 9.17) is 16.6 Å². The fourth-order valence-electron chi connectivity index (χ4n) is 4.30. The molecule has 4 aromatic rings. The second-order valence-electron chi connectivity index (χ2n) is 8.18. The summed E-state index contributed by atoms with van der Waals surface area (Å²) in [6, 6.07) is 24.4. The van der Waals surface area contributed by atoms with E-state index < -0.39 is 10.0 Å². The Morgan fingerprint density at radius 1 is 0.909 bits per heavy atom. The minimum Gasteiger partial charge on any atom is -0.287 e. The van der Waals surface area contributed by atoms with Crippen LogP contribution in [0.3, 0.4) is 0 Å². The van der Waals surface area contributed by atoms with E-state index in [1.165, 1.54) is 0 Å². The van der Waals surface area contributed by atoms with Crippen LogP contribution in [-0.2, 0) is 10.0 Å². The number of benzene rings is 3. The first-order chi connectivity index (χ1) is 16.0. The molecule has 5 nitrogen and oxygen atoms in total. The molecule has 3 aromatic carbocycles. The molecular weight excluding hydrogens is 474 g/mol. The number of nitrogens with zero attached hydrogens (tertiary/aromatic N) is 2. The molecular formula is C25H24ClN3O2S2. The summed E-state index contributed by atoms with van der Waals surface area (Å²) in [5.74, 6) is 0. The zero-order valence-corrected chi connectivity index (χ0v) is 20.3. The van der Waals surface area contributed by atoms with E-state index in [0.29, 0.717) is 5.02 Å². The molecule has 1 N–H and O–H groups in total. The molecule has 5 rings (SSSR count). The predicted molar refractivity (Wildman–Crippen MR) is 135 cm³/mol. The third-order valence-electron chi connectivity index (χ3n) is 5.93. The van der Waals surface area contributed by atoms with Crippen LogP contribution in [-0.4, -0.2) is 29.3 Å². The fourth-order valence-corrected chi connectivity index (χ4v) is 7.21. The number of fused-ring (bicyclic) bond motifs is 1. The van der Waals surface area contributed by atoms with Crippen LogP contribution >= 0.6 is 23.4 Å². The maximum absolute atomic E-state index is 13.1. The largest absolute Gasteiger partial charge is 0.287 e. The highest BCUT2D eigenvalue weighted by Crippen LogP contribution is 2.37. The van der Waals surface area contributed by atoms with Crippen molar-refractivity contribution < 1.29 is 8.42 Å². The maximum Gasteiger partial charge on any atom is 0.240 e. The van der Waals surface area contributed by atoms with Gasteiger partial charge in [-0.15, -0.1) is 0 Å². The minimum atomic E-state index is -3.64. The molecule has 1 fully saturated rings. The second-order valence-corrected chi connectivity index (χ2v) is 11.5. The number of thioether (sulfide) groups is 1. The highest BCUT2D eigenvalue weighted by atomic mass is 35.5. The number of rotatable bonds is 6. The van der Waals surface area contributed by atoms with E-state index in [-0.39, 0.29) is 16.2 Å². The number of sulfonamides is 1. The summed E-state index contributed by atoms with van der Waals surface area (Å²) >= 11 is 7.60. The maximum atomic E-state index is 13.1. The second kappa shape index (κ2) is 9.50. The summed E-state index contributed by atoms with van der Waals surface area (Å²) in [7, 11) is -3.64. The van der Waals surface area contributed by atoms with E-state index in [2.05, 4.69) is 27.5 Å². The summed E-state index contributed by atoms with van der Waals surface area (Å²) in [6.07, 6.45) is 3.80. The SMILES string of the molecule is O=S(=O)(NC1CCCCC1Sc1nc2ccccc2n1-c1ccccc1)c1ccc(Cl)cc1. The molecule has 0 bridgehead atoms. The van der Waals surface area contributed by atoms with Crippen LogP contribution < -0.4 is 4.72 Å². The zero-order valence-electron chi connectivity index (χ0n) is 17.9. The predicted octanol–water partition coefficient (Wildman–Crippen LogP) is 6.06. The van der Waals surface area contributed by atoms with Gasteiger partial charge in [0.15, 0.2) is 5.16 Å². The molecule has 1 saturated carbocycles. The lowest BCUT2D eigenvalue weighted by atomic mass is 9.96. The first-order valence-electron chi connectivity index (χ1n) is 11.0. The first kappa shape index (κ1) is 22.5. The van der Waals surface area contributed by atoms with E-state index in [0.717, 1.165) is 47.6 Å². The van der Waals surface area contributed by atoms with Crippen LogP contribution in [0.1, 0.15) is 25.7 Å². The van der Waals surface area contributed by atoms with Gasteiger partial charge in [0.05, 0.1) is 15.9 Å². The van der Waals surface area contributed by atoms with Crippen molar-refractivity contribution >= 4 is 44.4 Å². The third kappa shape index (κ3) is 4.82. The van der Waals surface area contributed by atoms with Crippen LogP contribution in [0, 0.1) is 0 Å². The third-order valence-corrected chi connectivity index (χ3v) is 9.04. The zero-order chi connectivity index (χ0) is 22.8. The van der Waals surface area contributed by atoms with Crippen molar-refractivity contribution in [2.45, 2.75) is 47.0 Å². The van der Waals surface area contributed by atoms with E-state index >= 15 is 0 Å². The Kier molecular flexibility index (Phi) is 6.47. The van der Waals surface area contributed by atoms with Gasteiger partial charge in [0.1, 0.15) is 0 Å². The Labute approximate surface area is 203 Å². The molecule has 2 atom stereocenters. The number of aromatic nitrogens is 2. The Bertz CT molecular complexity index is 1360. The highest BCUT2D eigenvalue weighted by Gasteiger charge is 2.32. The van der Waals surface area contributed by atoms with Crippen molar-refractivity contribution in [2.75, 3.05) is 0 Å². The van der Waals surface area contributed by atoms with Gasteiger partial charge < -0.3 is 0 Å². The lowest BCUT2D eigenvalue weighted by molar-refractivity contribution is 0.422. The summed E-state index contributed by atoms with van der Waals surface area (Å²) in [5.41, 5.74) is 3.01. The average Bonchev–Trinajstić information content (AvgIpc) is 3.19. The highest BCUT2D eigenvalue weighted by molar-refractivity contribution is 7.99. The molecule has 1 aromatic heterocycles. The molecule has 1 aliphatic rings. The molecule has 0 saturated heterocycles. The molecule has 33 heavy (non-hydrogen) atoms. The van der Waals surface area contributed by atoms with Crippen molar-refractivity contribution in [3.8, 4) is 5.69 Å². The van der Waals surface area contributed by atoms with E-state index in [1.807, 2.05) is 36.4 Å². The minimum absolute atomic E-state index is 0.0834. The topological polar surface area (TPSA) is 64.0 Å². The molecule has 0 radical (unpaired) electrons. The van der Waals surface area contributed by atoms with E-state index in [1.54, 1.807) is 36.0 Å². The lowest BCUT2D eigenvalue weighted by Crippen LogP contribution is -2.43. The first-order valence-corrected chi connectivity index (χ1v) is 13.7. The summed E-state index contributed by atoms with van der Waals surface area (Å²) < 4.78 is 31.2. The van der Waals surface area contributed by atoms with Gasteiger partial charge in [0, 0.05) is 22.0 Å². The number of halogens is 1. The quantitative estimate of drug-likeness (QED) is 0.351. The molecule has 2 unspecified atom stereocenters. The van der Waals surface area contributed by atoms with Gasteiger partial charge in [-0.3, -0.25) is 4.57 Å². The van der Waals surface area contributed by atoms with Gasteiger partial charge >= 0.3 is 0 Å². The normalized spacial score (nSPS) is 19.1. The fraction of sp³-hybridized carbons (Fsp3) is 0.240. The van der Waals surface area contributed by atoms with Crippen LogP contribution in [0.5, 0.6) is 0 Å². The van der Waals surface area contributed by atoms with Crippen molar-refractivity contribution in [3.05, 3.63) is 83.9 Å². The number of imidazole rings is 1. The number of hydrogen-bond acceptors (Lipinski definition) is 4. The Hall–Kier alpha value is -2.32. The molecule has 170 valence electrons. The Morgan fingerprint density at radius 2 is 1.61 bits per heavy atom. The lowest BCUT2D eigenvalue weighted by Gasteiger charge is -2.31. The summed E-state index contributed by atoms with van der Waals surface area (Å²) in [4.78, 5) is 5.15. The van der Waals surface area contributed by atoms with Gasteiger partial charge in [0.25, 0.3) is 0 Å². The van der Waals surface area contributed by atoms with E-state index in [9.17, 15) is 8.42 Å². The van der Waals surface area contributed by atoms with Gasteiger partial charge in [-0.05, 0) is 61.4 Å². The van der Waals surface area contributed by atoms with Crippen LogP contribution in [0.15, 0.2) is 88.9 Å². The van der Waals surface area contributed by atoms with Gasteiger partial charge in [-0.2, -0.15) is 0 Å². The van der Waals surface area contributed by atoms with Crippen LogP contribution in [0.25, 0.3) is 16.7 Å². The average molecular weight is 498 g/mol. The number of para-hydroxylation sites is 3. The monoisotopic (exact) mass is 497 g/mol. The smallest absolute Gasteiger partial charge is 0.240 e. The molecule has 1 heterocycles. The van der Waals surface area contributed by atoms with Gasteiger partial charge in [-0.25, -0.2) is 18.1 Å². The molecule has 0 spiro atoms. The molecule has 0 amide bonds. The number of hydrogen-bond donors (Lipinski definition) is 1. The summed E-state index contributed by atoms with van der Waals surface area (Å²) in [5, 5.41) is 1.48. The van der Waals surface area contributed by atoms with Crippen molar-refractivity contribution in [3.63, 3.8) is 0 Å². The summed E-state index contributed by atoms with van der Waals surface area (Å²) in [6.45, 7) is 0. The van der Waals surface area contributed by atoms with Crippen LogP contribution in [0.4, 0.5) is 0 Å². The van der Waals surface area contributed by atoms with Crippen molar-refractivity contribution in [1.29, 1.82) is 0 Å². The molecule has 1 aliphatic carbocycles. The standard InChI is InChI=1S/C25H24ClN3O2S2/c26-18-14-16-20(17-15-18)33(30,31)28-22-11-5-7-13-24(22)32-25-27-21-10-4-6-12-23(21)29(25)19-8-2-1-3-9-19/h1-4,6,8-10,12,14-17,22,24,28H,5,7,11,13H2. The van der Waals surface area contributed by atoms with Crippen molar-refractivity contribution in [2.24, 2.45) is 0 Å². The Morgan fingerprint density at radius 3 is 2.39 bits per heavy atom.